The molecule has 0 amide bonds. The van der Waals surface area contributed by atoms with Crippen LogP contribution in [0.3, 0.4) is 0 Å². The Kier molecular flexibility index (Phi) is 1.30. The Hall–Kier alpha value is 0.310. The van der Waals surface area contributed by atoms with Gasteiger partial charge in [0.15, 0.2) is 0 Å². The van der Waals surface area contributed by atoms with E-state index in [1.807, 2.05) is 11.8 Å². The van der Waals surface area contributed by atoms with Crippen LogP contribution in [0.2, 0.25) is 0 Å². The van der Waals surface area contributed by atoms with Crippen LogP contribution < -0.4 is 0 Å². The van der Waals surface area contributed by atoms with Crippen molar-refractivity contribution in [2.24, 2.45) is 0 Å². The molecule has 1 heterocycles. The van der Waals surface area contributed by atoms with Crippen molar-refractivity contribution in [2.45, 2.75) is 30.5 Å². The Morgan fingerprint density at radius 2 is 1.71 bits per heavy atom. The minimum Gasteiger partial charge on any atom is -0.391 e. The van der Waals surface area contributed by atoms with Crippen LogP contribution in [0.25, 0.3) is 0 Å². The Labute approximate surface area is 48.1 Å². The normalized spacial score (nSPS) is 43.3. The van der Waals surface area contributed by atoms with Gasteiger partial charge in [0.1, 0.15) is 0 Å². The average molecular weight is 118 g/mol. The van der Waals surface area contributed by atoms with E-state index in [-0.39, 0.29) is 6.10 Å². The fourth-order valence-electron chi connectivity index (χ4n) is 0.792. The lowest BCUT2D eigenvalue weighted by molar-refractivity contribution is 0.160. The summed E-state index contributed by atoms with van der Waals surface area (Å²) in [5, 5.41) is 9.93. The van der Waals surface area contributed by atoms with Crippen LogP contribution in [0.5, 0.6) is 0 Å². The van der Waals surface area contributed by atoms with Crippen molar-refractivity contribution in [3.63, 3.8) is 0 Å². The van der Waals surface area contributed by atoms with E-state index in [0.717, 1.165) is 0 Å². The minimum absolute atomic E-state index is 0.0370. The highest BCUT2D eigenvalue weighted by Gasteiger charge is 2.33. The van der Waals surface area contributed by atoms with Crippen molar-refractivity contribution in [2.75, 3.05) is 0 Å². The third-order valence-electron chi connectivity index (χ3n) is 1.39. The van der Waals surface area contributed by atoms with Gasteiger partial charge >= 0.3 is 0 Å². The van der Waals surface area contributed by atoms with Crippen molar-refractivity contribution in [1.82, 2.24) is 0 Å². The minimum atomic E-state index is -0.0370. The molecule has 1 aliphatic rings. The van der Waals surface area contributed by atoms with Crippen molar-refractivity contribution in [3.05, 3.63) is 0 Å². The van der Waals surface area contributed by atoms with Gasteiger partial charge in [-0.05, 0) is 0 Å². The zero-order valence-electron chi connectivity index (χ0n) is 4.59. The molecule has 2 atom stereocenters. The molecule has 1 aliphatic heterocycles. The first-order chi connectivity index (χ1) is 3.22. The van der Waals surface area contributed by atoms with Crippen molar-refractivity contribution in [3.8, 4) is 0 Å². The van der Waals surface area contributed by atoms with Gasteiger partial charge < -0.3 is 5.11 Å². The average Bonchev–Trinajstić information content (AvgIpc) is 1.68. The standard InChI is InChI=1S/C5H10OS/c1-3-5(6)4(2)7-3/h3-6H,1-2H3/t3-,4-/m0/s1. The summed E-state index contributed by atoms with van der Waals surface area (Å²) in [5.74, 6) is 0. The lowest BCUT2D eigenvalue weighted by atomic mass is 10.2. The molecule has 1 saturated heterocycles. The molecule has 7 heavy (non-hydrogen) atoms. The maximum atomic E-state index is 8.96. The van der Waals surface area contributed by atoms with Gasteiger partial charge in [-0.1, -0.05) is 13.8 Å². The highest BCUT2D eigenvalue weighted by Crippen LogP contribution is 2.35. The molecule has 0 aromatic carbocycles. The molecule has 1 N–H and O–H groups in total. The molecule has 0 unspecified atom stereocenters. The van der Waals surface area contributed by atoms with E-state index in [1.165, 1.54) is 0 Å². The number of rotatable bonds is 0. The van der Waals surface area contributed by atoms with Gasteiger partial charge in [-0.25, -0.2) is 0 Å². The summed E-state index contributed by atoms with van der Waals surface area (Å²) in [4.78, 5) is 0. The molecule has 1 rings (SSSR count). The zero-order chi connectivity index (χ0) is 5.44. The predicted octanol–water partition coefficient (Wildman–Crippen LogP) is 0.871. The van der Waals surface area contributed by atoms with E-state index in [2.05, 4.69) is 13.8 Å². The molecular weight excluding hydrogens is 108 g/mol. The number of aliphatic hydroxyl groups excluding tert-OH is 1. The molecule has 0 aromatic heterocycles. The Balaban J connectivity index is 2.29. The van der Waals surface area contributed by atoms with Gasteiger partial charge in [-0.3, -0.25) is 0 Å². The van der Waals surface area contributed by atoms with Crippen molar-refractivity contribution >= 4 is 11.8 Å². The molecular formula is C5H10OS. The summed E-state index contributed by atoms with van der Waals surface area (Å²) in [6, 6.07) is 0. The van der Waals surface area contributed by atoms with Crippen LogP contribution in [0.4, 0.5) is 0 Å². The van der Waals surface area contributed by atoms with Crippen LogP contribution in [0.15, 0.2) is 0 Å². The van der Waals surface area contributed by atoms with Crippen molar-refractivity contribution in [1.29, 1.82) is 0 Å². The largest absolute Gasteiger partial charge is 0.391 e. The van der Waals surface area contributed by atoms with Crippen LogP contribution >= 0.6 is 11.8 Å². The molecule has 0 saturated carbocycles. The van der Waals surface area contributed by atoms with Gasteiger partial charge in [-0.2, -0.15) is 11.8 Å². The third kappa shape index (κ3) is 0.774. The van der Waals surface area contributed by atoms with Crippen LogP contribution in [0, 0.1) is 0 Å². The molecule has 0 spiro atoms. The SMILES string of the molecule is C[C@@H]1S[C@@H](C)C1O. The second-order valence-corrected chi connectivity index (χ2v) is 3.80. The number of aliphatic hydroxyl groups is 1. The summed E-state index contributed by atoms with van der Waals surface area (Å²) < 4.78 is 0. The highest BCUT2D eigenvalue weighted by molar-refractivity contribution is 8.02. The maximum Gasteiger partial charge on any atom is 0.0772 e. The first-order valence-electron chi connectivity index (χ1n) is 2.55. The van der Waals surface area contributed by atoms with Gasteiger partial charge in [-0.15, -0.1) is 0 Å². The molecule has 1 fully saturated rings. The fourth-order valence-corrected chi connectivity index (χ4v) is 1.99. The van der Waals surface area contributed by atoms with E-state index in [0.29, 0.717) is 10.5 Å². The van der Waals surface area contributed by atoms with E-state index < -0.39 is 0 Å². The molecule has 2 heteroatoms. The third-order valence-corrected chi connectivity index (χ3v) is 2.81. The quantitative estimate of drug-likeness (QED) is 0.509. The Morgan fingerprint density at radius 3 is 1.71 bits per heavy atom. The lowest BCUT2D eigenvalue weighted by Crippen LogP contribution is -2.41. The Bertz CT molecular complexity index is 66.5. The first kappa shape index (κ1) is 5.45. The fraction of sp³-hybridized carbons (Fsp3) is 1.00. The maximum absolute atomic E-state index is 8.96. The lowest BCUT2D eigenvalue weighted by Gasteiger charge is -2.35. The van der Waals surface area contributed by atoms with Gasteiger partial charge in [0, 0.05) is 10.5 Å². The van der Waals surface area contributed by atoms with E-state index in [4.69, 9.17) is 5.11 Å². The molecule has 1 nitrogen and oxygen atoms in total. The summed E-state index contributed by atoms with van der Waals surface area (Å²) in [7, 11) is 0. The molecule has 0 aliphatic carbocycles. The first-order valence-corrected chi connectivity index (χ1v) is 3.49. The summed E-state index contributed by atoms with van der Waals surface area (Å²) in [5.41, 5.74) is 0. The summed E-state index contributed by atoms with van der Waals surface area (Å²) in [6.45, 7) is 4.10. The number of hydrogen-bond donors (Lipinski definition) is 1. The molecule has 42 valence electrons. The summed E-state index contributed by atoms with van der Waals surface area (Å²) >= 11 is 1.84. The van der Waals surface area contributed by atoms with E-state index in [9.17, 15) is 0 Å². The second kappa shape index (κ2) is 1.67. The molecule has 0 bridgehead atoms. The second-order valence-electron chi connectivity index (χ2n) is 2.04. The van der Waals surface area contributed by atoms with Crippen LogP contribution in [-0.2, 0) is 0 Å². The van der Waals surface area contributed by atoms with E-state index >= 15 is 0 Å². The van der Waals surface area contributed by atoms with Crippen molar-refractivity contribution < 1.29 is 5.11 Å². The van der Waals surface area contributed by atoms with Gasteiger partial charge in [0.05, 0.1) is 6.10 Å². The van der Waals surface area contributed by atoms with Gasteiger partial charge in [0.2, 0.25) is 0 Å². The molecule has 0 aromatic rings. The smallest absolute Gasteiger partial charge is 0.0772 e. The topological polar surface area (TPSA) is 20.2 Å². The molecule has 0 radical (unpaired) electrons. The number of thioether (sulfide) groups is 1. The van der Waals surface area contributed by atoms with Gasteiger partial charge in [0.25, 0.3) is 0 Å². The monoisotopic (exact) mass is 118 g/mol. The highest BCUT2D eigenvalue weighted by atomic mass is 32.2. The van der Waals surface area contributed by atoms with E-state index in [1.54, 1.807) is 0 Å². The number of hydrogen-bond acceptors (Lipinski definition) is 2. The predicted molar refractivity (Wildman–Crippen MR) is 32.5 cm³/mol. The summed E-state index contributed by atoms with van der Waals surface area (Å²) in [6.07, 6.45) is -0.0370. The van der Waals surface area contributed by atoms with Crippen LogP contribution in [-0.4, -0.2) is 21.7 Å². The zero-order valence-corrected chi connectivity index (χ0v) is 5.40. The van der Waals surface area contributed by atoms with Crippen LogP contribution in [0.1, 0.15) is 13.8 Å². The Morgan fingerprint density at radius 1 is 1.29 bits per heavy atom.